The number of carboxylic acid groups (broad SMARTS) is 1. The van der Waals surface area contributed by atoms with Crippen LogP contribution in [-0.4, -0.2) is 53.3 Å². The molecule has 7 heteroatoms. The Morgan fingerprint density at radius 2 is 1.75 bits per heavy atom. The summed E-state index contributed by atoms with van der Waals surface area (Å²) in [6.45, 7) is 1.76. The van der Waals surface area contributed by atoms with Crippen LogP contribution in [0.25, 0.3) is 11.1 Å². The average molecular weight is 431 g/mol. The maximum absolute atomic E-state index is 13.6. The highest BCUT2D eigenvalue weighted by molar-refractivity contribution is 6.01. The summed E-state index contributed by atoms with van der Waals surface area (Å²) in [6.07, 6.45) is 4.13. The number of benzene rings is 2. The Hall–Kier alpha value is -4.00. The molecule has 0 aliphatic heterocycles. The number of nitrogens with zero attached hydrogens (tertiary/aromatic N) is 3. The normalized spacial score (nSPS) is 11.5. The van der Waals surface area contributed by atoms with Crippen molar-refractivity contribution in [1.82, 2.24) is 9.88 Å². The summed E-state index contributed by atoms with van der Waals surface area (Å²) in [5, 5.41) is 9.26. The topological polar surface area (TPSA) is 90.8 Å². The summed E-state index contributed by atoms with van der Waals surface area (Å²) >= 11 is 0. The molecule has 0 saturated carbocycles. The number of aldehydes is 1. The van der Waals surface area contributed by atoms with Gasteiger partial charge in [0, 0.05) is 38.7 Å². The molecule has 0 radical (unpaired) electrons. The van der Waals surface area contributed by atoms with Crippen LogP contribution < -0.4 is 4.90 Å². The van der Waals surface area contributed by atoms with E-state index in [0.29, 0.717) is 23.1 Å². The van der Waals surface area contributed by atoms with Gasteiger partial charge in [-0.1, -0.05) is 18.2 Å². The second-order valence-corrected chi connectivity index (χ2v) is 7.68. The summed E-state index contributed by atoms with van der Waals surface area (Å²) < 4.78 is 0. The van der Waals surface area contributed by atoms with Crippen molar-refractivity contribution in [1.29, 1.82) is 0 Å². The Morgan fingerprint density at radius 3 is 2.38 bits per heavy atom. The van der Waals surface area contributed by atoms with Crippen LogP contribution in [-0.2, 0) is 11.3 Å². The zero-order valence-corrected chi connectivity index (χ0v) is 18.2. The molecule has 7 nitrogen and oxygen atoms in total. The highest BCUT2D eigenvalue weighted by Crippen LogP contribution is 2.29. The van der Waals surface area contributed by atoms with Crippen molar-refractivity contribution in [3.63, 3.8) is 0 Å². The lowest BCUT2D eigenvalue weighted by atomic mass is 10.0. The fourth-order valence-electron chi connectivity index (χ4n) is 3.43. The molecule has 0 aliphatic rings. The zero-order valence-electron chi connectivity index (χ0n) is 18.2. The number of carboxylic acids is 1. The first-order chi connectivity index (χ1) is 15.3. The fraction of sp³-hybridized carbons (Fsp3) is 0.200. The third-order valence-corrected chi connectivity index (χ3v) is 5.20. The minimum atomic E-state index is -1.05. The molecule has 3 aromatic rings. The van der Waals surface area contributed by atoms with E-state index < -0.39 is 12.0 Å². The Labute approximate surface area is 186 Å². The van der Waals surface area contributed by atoms with Gasteiger partial charge >= 0.3 is 5.97 Å². The predicted octanol–water partition coefficient (Wildman–Crippen LogP) is 3.74. The van der Waals surface area contributed by atoms with E-state index in [2.05, 4.69) is 4.98 Å². The van der Waals surface area contributed by atoms with Crippen LogP contribution in [0.2, 0.25) is 0 Å². The third kappa shape index (κ3) is 5.00. The SMILES string of the molecule is C[C@H](C=O)N(Cc1cccc(C(=O)O)c1)C(=O)c1ccc(-c2ccncc2)cc1N(C)C. The van der Waals surface area contributed by atoms with Crippen molar-refractivity contribution in [2.75, 3.05) is 19.0 Å². The highest BCUT2D eigenvalue weighted by atomic mass is 16.4. The zero-order chi connectivity index (χ0) is 23.3. The molecule has 1 heterocycles. The summed E-state index contributed by atoms with van der Waals surface area (Å²) in [5.74, 6) is -1.36. The molecular formula is C25H25N3O4. The van der Waals surface area contributed by atoms with Crippen molar-refractivity contribution in [3.8, 4) is 11.1 Å². The summed E-state index contributed by atoms with van der Waals surface area (Å²) in [5.41, 5.74) is 3.85. The van der Waals surface area contributed by atoms with E-state index in [1.54, 1.807) is 37.5 Å². The molecule has 0 spiro atoms. The third-order valence-electron chi connectivity index (χ3n) is 5.20. The van der Waals surface area contributed by atoms with Gasteiger partial charge in [0.05, 0.1) is 17.2 Å². The minimum Gasteiger partial charge on any atom is -0.478 e. The molecule has 0 unspecified atom stereocenters. The minimum absolute atomic E-state index is 0.110. The Morgan fingerprint density at radius 1 is 1.03 bits per heavy atom. The number of hydrogen-bond acceptors (Lipinski definition) is 5. The van der Waals surface area contributed by atoms with Gasteiger partial charge in [-0.2, -0.15) is 0 Å². The van der Waals surface area contributed by atoms with E-state index in [1.165, 1.54) is 17.0 Å². The van der Waals surface area contributed by atoms with Gasteiger partial charge in [-0.05, 0) is 60.0 Å². The van der Waals surface area contributed by atoms with Gasteiger partial charge in [0.25, 0.3) is 5.91 Å². The molecule has 0 bridgehead atoms. The smallest absolute Gasteiger partial charge is 0.335 e. The van der Waals surface area contributed by atoms with Gasteiger partial charge in [-0.3, -0.25) is 9.78 Å². The first-order valence-electron chi connectivity index (χ1n) is 10.1. The van der Waals surface area contributed by atoms with Crippen LogP contribution in [0.4, 0.5) is 5.69 Å². The van der Waals surface area contributed by atoms with Gasteiger partial charge in [-0.25, -0.2) is 4.79 Å². The van der Waals surface area contributed by atoms with E-state index in [4.69, 9.17) is 0 Å². The molecule has 0 saturated heterocycles. The number of aromatic nitrogens is 1. The number of amides is 1. The molecule has 2 aromatic carbocycles. The number of carbonyl (C=O) groups excluding carboxylic acids is 2. The standard InChI is InChI=1S/C25H25N3O4/c1-17(16-29)28(15-18-5-4-6-21(13-18)25(31)32)24(30)22-8-7-20(14-23(22)27(2)3)19-9-11-26-12-10-19/h4-14,16-17H,15H2,1-3H3,(H,31,32)/t17-/m1/s1. The quantitative estimate of drug-likeness (QED) is 0.547. The van der Waals surface area contributed by atoms with Crippen molar-refractivity contribution < 1.29 is 19.5 Å². The highest BCUT2D eigenvalue weighted by Gasteiger charge is 2.25. The van der Waals surface area contributed by atoms with Crippen LogP contribution in [0.15, 0.2) is 67.0 Å². The average Bonchev–Trinajstić information content (AvgIpc) is 2.82. The van der Waals surface area contributed by atoms with Crippen molar-refractivity contribution >= 4 is 23.9 Å². The number of aromatic carboxylic acids is 1. The number of carbonyl (C=O) groups is 3. The summed E-state index contributed by atoms with van der Waals surface area (Å²) in [4.78, 5) is 43.8. The molecule has 1 N–H and O–H groups in total. The number of anilines is 1. The molecule has 0 aliphatic carbocycles. The van der Waals surface area contributed by atoms with Crippen LogP contribution in [0.5, 0.6) is 0 Å². The van der Waals surface area contributed by atoms with Crippen molar-refractivity contribution in [3.05, 3.63) is 83.7 Å². The van der Waals surface area contributed by atoms with Crippen LogP contribution >= 0.6 is 0 Å². The Kier molecular flexibility index (Phi) is 7.00. The van der Waals surface area contributed by atoms with E-state index in [1.807, 2.05) is 43.3 Å². The molecule has 1 atom stereocenters. The Bertz CT molecular complexity index is 1130. The predicted molar refractivity (Wildman–Crippen MR) is 123 cm³/mol. The van der Waals surface area contributed by atoms with Crippen LogP contribution in [0, 0.1) is 0 Å². The van der Waals surface area contributed by atoms with Crippen molar-refractivity contribution in [2.45, 2.75) is 19.5 Å². The Balaban J connectivity index is 2.00. The molecule has 1 amide bonds. The second-order valence-electron chi connectivity index (χ2n) is 7.68. The second kappa shape index (κ2) is 9.87. The van der Waals surface area contributed by atoms with E-state index in [0.717, 1.165) is 11.1 Å². The fourth-order valence-corrected chi connectivity index (χ4v) is 3.43. The van der Waals surface area contributed by atoms with Gasteiger partial charge in [0.15, 0.2) is 0 Å². The maximum Gasteiger partial charge on any atom is 0.335 e. The number of hydrogen-bond donors (Lipinski definition) is 1. The molecule has 1 aromatic heterocycles. The van der Waals surface area contributed by atoms with Gasteiger partial charge < -0.3 is 19.7 Å². The lowest BCUT2D eigenvalue weighted by Gasteiger charge is -2.28. The summed E-state index contributed by atoms with van der Waals surface area (Å²) in [6, 6.07) is 15.0. The number of pyridine rings is 1. The molecule has 32 heavy (non-hydrogen) atoms. The largest absolute Gasteiger partial charge is 0.478 e. The van der Waals surface area contributed by atoms with Crippen molar-refractivity contribution in [2.24, 2.45) is 0 Å². The molecular weight excluding hydrogens is 406 g/mol. The first-order valence-corrected chi connectivity index (χ1v) is 10.1. The molecule has 164 valence electrons. The van der Waals surface area contributed by atoms with Gasteiger partial charge in [0.2, 0.25) is 0 Å². The van der Waals surface area contributed by atoms with E-state index >= 15 is 0 Å². The molecule has 0 fully saturated rings. The lowest BCUT2D eigenvalue weighted by molar-refractivity contribution is -0.111. The molecule has 3 rings (SSSR count). The first kappa shape index (κ1) is 22.7. The van der Waals surface area contributed by atoms with Gasteiger partial charge in [0.1, 0.15) is 6.29 Å². The maximum atomic E-state index is 13.6. The summed E-state index contributed by atoms with van der Waals surface area (Å²) in [7, 11) is 3.71. The lowest BCUT2D eigenvalue weighted by Crippen LogP contribution is -2.39. The van der Waals surface area contributed by atoms with Crippen LogP contribution in [0.3, 0.4) is 0 Å². The van der Waals surface area contributed by atoms with Crippen LogP contribution in [0.1, 0.15) is 33.2 Å². The van der Waals surface area contributed by atoms with E-state index in [9.17, 15) is 19.5 Å². The van der Waals surface area contributed by atoms with E-state index in [-0.39, 0.29) is 18.0 Å². The van der Waals surface area contributed by atoms with Gasteiger partial charge in [-0.15, -0.1) is 0 Å². The monoisotopic (exact) mass is 431 g/mol. The number of rotatable bonds is 8.